The van der Waals surface area contributed by atoms with Crippen LogP contribution < -0.4 is 0 Å². The summed E-state index contributed by atoms with van der Waals surface area (Å²) in [5, 5.41) is 20.6. The Morgan fingerprint density at radius 1 is 0.929 bits per heavy atom. The number of carbonyl (C=O) groups is 1. The normalized spacial score (nSPS) is 26.4. The molecule has 2 saturated carbocycles. The van der Waals surface area contributed by atoms with E-state index in [1.165, 1.54) is 38.5 Å². The molecule has 1 aromatic rings. The van der Waals surface area contributed by atoms with Crippen LogP contribution in [-0.2, 0) is 5.41 Å². The average Bonchev–Trinajstić information content (AvgIpc) is 2.75. The number of hydrogen-bond acceptors (Lipinski definition) is 2. The van der Waals surface area contributed by atoms with E-state index in [9.17, 15) is 15.0 Å². The zero-order chi connectivity index (χ0) is 19.6. The van der Waals surface area contributed by atoms with Crippen molar-refractivity contribution in [1.82, 2.24) is 0 Å². The molecule has 0 saturated heterocycles. The van der Waals surface area contributed by atoms with Crippen molar-refractivity contribution >= 4 is 5.97 Å². The molecule has 1 atom stereocenters. The topological polar surface area (TPSA) is 57.5 Å². The summed E-state index contributed by atoms with van der Waals surface area (Å²) >= 11 is 0. The smallest absolute Gasteiger partial charge is 0.339 e. The number of carboxylic acid groups (broad SMARTS) is 1. The van der Waals surface area contributed by atoms with Gasteiger partial charge in [0.05, 0.1) is 0 Å². The first kappa shape index (κ1) is 19.3. The van der Waals surface area contributed by atoms with E-state index in [-0.39, 0.29) is 22.6 Å². The summed E-state index contributed by atoms with van der Waals surface area (Å²) in [6, 6.07) is 3.93. The van der Waals surface area contributed by atoms with Gasteiger partial charge in [-0.15, -0.1) is 0 Å². The highest BCUT2D eigenvalue weighted by atomic mass is 16.4. The lowest BCUT2D eigenvalue weighted by Gasteiger charge is -2.42. The van der Waals surface area contributed by atoms with E-state index in [1.807, 2.05) is 0 Å². The number of hydrogen-bond donors (Lipinski definition) is 2. The molecule has 1 unspecified atom stereocenters. The molecule has 0 amide bonds. The van der Waals surface area contributed by atoms with E-state index in [4.69, 9.17) is 0 Å². The lowest BCUT2D eigenvalue weighted by molar-refractivity contribution is 0.0693. The number of rotatable bonds is 4. The molecule has 4 rings (SSSR count). The van der Waals surface area contributed by atoms with E-state index < -0.39 is 5.97 Å². The number of allylic oxidation sites excluding steroid dienone is 4. The van der Waals surface area contributed by atoms with Gasteiger partial charge in [-0.25, -0.2) is 4.79 Å². The van der Waals surface area contributed by atoms with E-state index in [2.05, 4.69) is 30.4 Å². The van der Waals surface area contributed by atoms with E-state index >= 15 is 0 Å². The summed E-state index contributed by atoms with van der Waals surface area (Å²) in [5.74, 6) is -0.214. The maximum Gasteiger partial charge on any atom is 0.339 e. The Bertz CT molecular complexity index is 779. The Morgan fingerprint density at radius 2 is 1.61 bits per heavy atom. The molecule has 150 valence electrons. The van der Waals surface area contributed by atoms with Crippen molar-refractivity contribution in [3.63, 3.8) is 0 Å². The highest BCUT2D eigenvalue weighted by molar-refractivity contribution is 5.91. The number of phenols is 1. The predicted octanol–water partition coefficient (Wildman–Crippen LogP) is 6.47. The summed E-state index contributed by atoms with van der Waals surface area (Å²) in [5.41, 5.74) is 1.90. The van der Waals surface area contributed by atoms with Gasteiger partial charge >= 0.3 is 5.97 Å². The SMILES string of the molecule is O=C(O)c1cc(C2(C3CCCCC3)C=CC=CC2)cc(C2CCCCC2)c1O. The summed E-state index contributed by atoms with van der Waals surface area (Å²) in [4.78, 5) is 12.0. The number of aromatic hydroxyl groups is 1. The molecule has 28 heavy (non-hydrogen) atoms. The molecule has 3 heteroatoms. The molecule has 2 fully saturated rings. The number of carboxylic acids is 1. The van der Waals surface area contributed by atoms with E-state index in [1.54, 1.807) is 6.07 Å². The van der Waals surface area contributed by atoms with Gasteiger partial charge in [0.1, 0.15) is 11.3 Å². The molecule has 0 heterocycles. The predicted molar refractivity (Wildman–Crippen MR) is 112 cm³/mol. The third-order valence-corrected chi connectivity index (χ3v) is 7.38. The molecule has 0 aliphatic heterocycles. The van der Waals surface area contributed by atoms with Crippen molar-refractivity contribution in [2.45, 2.75) is 82.0 Å². The van der Waals surface area contributed by atoms with Crippen LogP contribution in [0.4, 0.5) is 0 Å². The Kier molecular flexibility index (Phi) is 5.61. The van der Waals surface area contributed by atoms with Crippen LogP contribution in [0.5, 0.6) is 5.75 Å². The minimum absolute atomic E-state index is 0.00252. The first-order valence-corrected chi connectivity index (χ1v) is 11.1. The van der Waals surface area contributed by atoms with Crippen LogP contribution in [0.3, 0.4) is 0 Å². The standard InChI is InChI=1S/C25H32O3/c26-23-21(18-10-4-1-5-11-18)16-20(17-22(23)24(27)28)25(14-8-3-9-15-25)19-12-6-2-7-13-19/h3,8-9,14,16-19,26H,1-2,4-7,10-13,15H2,(H,27,28). The molecule has 0 spiro atoms. The van der Waals surface area contributed by atoms with Crippen LogP contribution >= 0.6 is 0 Å². The Morgan fingerprint density at radius 3 is 2.21 bits per heavy atom. The van der Waals surface area contributed by atoms with Crippen molar-refractivity contribution in [3.05, 3.63) is 53.1 Å². The molecular weight excluding hydrogens is 348 g/mol. The van der Waals surface area contributed by atoms with Gasteiger partial charge in [0.15, 0.2) is 0 Å². The fourth-order valence-corrected chi connectivity index (χ4v) is 5.82. The van der Waals surface area contributed by atoms with Crippen molar-refractivity contribution in [2.75, 3.05) is 0 Å². The third kappa shape index (κ3) is 3.52. The van der Waals surface area contributed by atoms with Gasteiger partial charge in [-0.3, -0.25) is 0 Å². The Hall–Kier alpha value is -2.03. The maximum atomic E-state index is 12.0. The minimum atomic E-state index is -1.02. The first-order chi connectivity index (χ1) is 13.6. The number of aromatic carboxylic acids is 1. The summed E-state index contributed by atoms with van der Waals surface area (Å²) < 4.78 is 0. The molecular formula is C25H32O3. The van der Waals surface area contributed by atoms with Crippen LogP contribution in [0, 0.1) is 5.92 Å². The van der Waals surface area contributed by atoms with Crippen LogP contribution in [0.1, 0.15) is 98.0 Å². The second-order valence-electron chi connectivity index (χ2n) is 8.97. The van der Waals surface area contributed by atoms with Gasteiger partial charge in [-0.05, 0) is 61.1 Å². The molecule has 0 aromatic heterocycles. The number of benzene rings is 1. The highest BCUT2D eigenvalue weighted by Gasteiger charge is 2.40. The van der Waals surface area contributed by atoms with Crippen molar-refractivity contribution < 1.29 is 15.0 Å². The molecule has 3 nitrogen and oxygen atoms in total. The second-order valence-corrected chi connectivity index (χ2v) is 8.97. The monoisotopic (exact) mass is 380 g/mol. The van der Waals surface area contributed by atoms with Gasteiger partial charge in [-0.2, -0.15) is 0 Å². The van der Waals surface area contributed by atoms with Gasteiger partial charge in [0, 0.05) is 5.41 Å². The molecule has 1 aromatic carbocycles. The van der Waals surface area contributed by atoms with Crippen molar-refractivity contribution in [3.8, 4) is 5.75 Å². The lowest BCUT2D eigenvalue weighted by Crippen LogP contribution is -2.35. The fourth-order valence-electron chi connectivity index (χ4n) is 5.82. The molecule has 0 radical (unpaired) electrons. The van der Waals surface area contributed by atoms with Crippen molar-refractivity contribution in [2.24, 2.45) is 5.92 Å². The molecule has 3 aliphatic rings. The second kappa shape index (κ2) is 8.14. The zero-order valence-corrected chi connectivity index (χ0v) is 16.7. The van der Waals surface area contributed by atoms with Gasteiger partial charge in [-0.1, -0.05) is 68.9 Å². The van der Waals surface area contributed by atoms with Gasteiger partial charge < -0.3 is 10.2 Å². The van der Waals surface area contributed by atoms with Crippen molar-refractivity contribution in [1.29, 1.82) is 0 Å². The molecule has 3 aliphatic carbocycles. The summed E-state index contributed by atoms with van der Waals surface area (Å²) in [7, 11) is 0. The van der Waals surface area contributed by atoms with E-state index in [0.717, 1.165) is 43.2 Å². The third-order valence-electron chi connectivity index (χ3n) is 7.38. The van der Waals surface area contributed by atoms with Crippen LogP contribution in [0.15, 0.2) is 36.4 Å². The zero-order valence-electron chi connectivity index (χ0n) is 16.7. The minimum Gasteiger partial charge on any atom is -0.507 e. The summed E-state index contributed by atoms with van der Waals surface area (Å²) in [6.07, 6.45) is 21.5. The summed E-state index contributed by atoms with van der Waals surface area (Å²) in [6.45, 7) is 0. The Labute approximate surface area is 168 Å². The molecule has 0 bridgehead atoms. The fraction of sp³-hybridized carbons (Fsp3) is 0.560. The average molecular weight is 381 g/mol. The first-order valence-electron chi connectivity index (χ1n) is 11.1. The van der Waals surface area contributed by atoms with Gasteiger partial charge in [0.2, 0.25) is 0 Å². The quantitative estimate of drug-likeness (QED) is 0.629. The Balaban J connectivity index is 1.84. The molecule has 2 N–H and O–H groups in total. The van der Waals surface area contributed by atoms with Crippen LogP contribution in [0.2, 0.25) is 0 Å². The maximum absolute atomic E-state index is 12.0. The largest absolute Gasteiger partial charge is 0.507 e. The van der Waals surface area contributed by atoms with Crippen LogP contribution in [-0.4, -0.2) is 16.2 Å². The lowest BCUT2D eigenvalue weighted by atomic mass is 9.61. The van der Waals surface area contributed by atoms with Gasteiger partial charge in [0.25, 0.3) is 0 Å². The highest BCUT2D eigenvalue weighted by Crippen LogP contribution is 2.49. The van der Waals surface area contributed by atoms with Crippen LogP contribution in [0.25, 0.3) is 0 Å². The van der Waals surface area contributed by atoms with E-state index in [0.29, 0.717) is 5.92 Å².